The molecule has 2 N–H and O–H groups in total. The van der Waals surface area contributed by atoms with Gasteiger partial charge in [0, 0.05) is 11.9 Å². The maximum absolute atomic E-state index is 12.8. The molecule has 3 aromatic rings. The van der Waals surface area contributed by atoms with Gasteiger partial charge in [-0.2, -0.15) is 8.78 Å². The summed E-state index contributed by atoms with van der Waals surface area (Å²) >= 11 is 3.22. The molecule has 0 spiro atoms. The Morgan fingerprint density at radius 1 is 1.23 bits per heavy atom. The molecule has 0 saturated heterocycles. The lowest BCUT2D eigenvalue weighted by Gasteiger charge is -2.15. The molecule has 0 amide bonds. The van der Waals surface area contributed by atoms with E-state index < -0.39 is 6.61 Å². The number of hydrogen-bond donors (Lipinski definition) is 1. The zero-order valence-corrected chi connectivity index (χ0v) is 15.6. The Bertz CT molecular complexity index is 1020. The minimum absolute atomic E-state index is 0.0107. The number of benzene rings is 1. The zero-order valence-electron chi connectivity index (χ0n) is 14.0. The lowest BCUT2D eigenvalue weighted by Crippen LogP contribution is -2.21. The van der Waals surface area contributed by atoms with E-state index in [1.165, 1.54) is 28.8 Å². The topological polar surface area (TPSA) is 70.1 Å². The van der Waals surface area contributed by atoms with Crippen LogP contribution in [-0.4, -0.2) is 16.2 Å². The van der Waals surface area contributed by atoms with Crippen molar-refractivity contribution in [1.29, 1.82) is 0 Å². The summed E-state index contributed by atoms with van der Waals surface area (Å²) in [7, 11) is 0. The van der Waals surface area contributed by atoms with Gasteiger partial charge in [0.1, 0.15) is 15.7 Å². The van der Waals surface area contributed by atoms with Gasteiger partial charge in [-0.3, -0.25) is 14.3 Å². The van der Waals surface area contributed by atoms with E-state index in [0.29, 0.717) is 16.7 Å². The standard InChI is InChI=1S/C18H16BrF2N3O2/c1-9(2)10-7-13-16(23-8-10)15(22)14(19)17(25)24(13)11-3-5-12(6-4-11)26-18(20)21/h3-9,18H,22H2,1-2H3. The number of rotatable bonds is 4. The third kappa shape index (κ3) is 3.29. The first kappa shape index (κ1) is 18.3. The van der Waals surface area contributed by atoms with Crippen LogP contribution in [0.3, 0.4) is 0 Å². The summed E-state index contributed by atoms with van der Waals surface area (Å²) < 4.78 is 30.7. The summed E-state index contributed by atoms with van der Waals surface area (Å²) in [6, 6.07) is 7.68. The molecule has 26 heavy (non-hydrogen) atoms. The largest absolute Gasteiger partial charge is 0.435 e. The molecule has 0 fully saturated rings. The Kier molecular flexibility index (Phi) is 4.95. The van der Waals surface area contributed by atoms with E-state index >= 15 is 0 Å². The highest BCUT2D eigenvalue weighted by Gasteiger charge is 2.17. The minimum Gasteiger partial charge on any atom is -0.435 e. The third-order valence-corrected chi connectivity index (χ3v) is 4.77. The second kappa shape index (κ2) is 7.03. The van der Waals surface area contributed by atoms with Gasteiger partial charge in [-0.1, -0.05) is 13.8 Å². The van der Waals surface area contributed by atoms with Crippen LogP contribution >= 0.6 is 15.9 Å². The molecule has 1 aromatic carbocycles. The summed E-state index contributed by atoms with van der Waals surface area (Å²) in [5.74, 6) is 0.221. The first-order valence-corrected chi connectivity index (χ1v) is 8.63. The average molecular weight is 424 g/mol. The van der Waals surface area contributed by atoms with Gasteiger partial charge < -0.3 is 10.5 Å². The van der Waals surface area contributed by atoms with E-state index in [1.807, 2.05) is 19.9 Å². The minimum atomic E-state index is -2.91. The molecule has 2 heterocycles. The average Bonchev–Trinajstić information content (AvgIpc) is 2.60. The van der Waals surface area contributed by atoms with Crippen molar-refractivity contribution in [3.8, 4) is 11.4 Å². The number of nitrogens with zero attached hydrogens (tertiary/aromatic N) is 2. The normalized spacial score (nSPS) is 11.5. The lowest BCUT2D eigenvalue weighted by molar-refractivity contribution is -0.0498. The number of halogens is 3. The van der Waals surface area contributed by atoms with Crippen LogP contribution in [0, 0.1) is 0 Å². The van der Waals surface area contributed by atoms with E-state index in [0.717, 1.165) is 5.56 Å². The van der Waals surface area contributed by atoms with E-state index in [9.17, 15) is 13.6 Å². The predicted molar refractivity (Wildman–Crippen MR) is 100 cm³/mol. The highest BCUT2D eigenvalue weighted by atomic mass is 79.9. The van der Waals surface area contributed by atoms with Gasteiger partial charge in [-0.25, -0.2) is 0 Å². The van der Waals surface area contributed by atoms with Crippen molar-refractivity contribution in [2.75, 3.05) is 5.73 Å². The number of nitrogens with two attached hydrogens (primary N) is 1. The molecule has 8 heteroatoms. The zero-order chi connectivity index (χ0) is 19.0. The maximum atomic E-state index is 12.8. The van der Waals surface area contributed by atoms with Gasteiger partial charge in [-0.15, -0.1) is 0 Å². The van der Waals surface area contributed by atoms with Gasteiger partial charge in [0.15, 0.2) is 0 Å². The first-order valence-electron chi connectivity index (χ1n) is 7.84. The second-order valence-electron chi connectivity index (χ2n) is 6.03. The highest BCUT2D eigenvalue weighted by Crippen LogP contribution is 2.29. The highest BCUT2D eigenvalue weighted by molar-refractivity contribution is 9.10. The van der Waals surface area contributed by atoms with Crippen LogP contribution in [0.2, 0.25) is 0 Å². The molecular weight excluding hydrogens is 408 g/mol. The van der Waals surface area contributed by atoms with E-state index in [1.54, 1.807) is 6.20 Å². The molecule has 0 bridgehead atoms. The first-order chi connectivity index (χ1) is 12.3. The van der Waals surface area contributed by atoms with Crippen molar-refractivity contribution in [3.63, 3.8) is 0 Å². The molecule has 5 nitrogen and oxygen atoms in total. The van der Waals surface area contributed by atoms with Crippen molar-refractivity contribution < 1.29 is 13.5 Å². The number of ether oxygens (including phenoxy) is 1. The Labute approximate surface area is 156 Å². The molecular formula is C18H16BrF2N3O2. The van der Waals surface area contributed by atoms with Crippen LogP contribution in [0.25, 0.3) is 16.7 Å². The Morgan fingerprint density at radius 3 is 2.46 bits per heavy atom. The molecule has 0 aliphatic heterocycles. The monoisotopic (exact) mass is 423 g/mol. The number of hydrogen-bond acceptors (Lipinski definition) is 4. The maximum Gasteiger partial charge on any atom is 0.387 e. The number of fused-ring (bicyclic) bond motifs is 1. The van der Waals surface area contributed by atoms with Crippen molar-refractivity contribution in [3.05, 3.63) is 56.9 Å². The molecule has 0 saturated carbocycles. The SMILES string of the molecule is CC(C)c1cnc2c(N)c(Br)c(=O)n(-c3ccc(OC(F)F)cc3)c2c1. The quantitative estimate of drug-likeness (QED) is 0.672. The number of alkyl halides is 2. The molecule has 0 aliphatic rings. The number of anilines is 1. The summed E-state index contributed by atoms with van der Waals surface area (Å²) in [5.41, 5.74) is 8.41. The fourth-order valence-corrected chi connectivity index (χ4v) is 2.99. The molecule has 2 aromatic heterocycles. The van der Waals surface area contributed by atoms with Gasteiger partial charge in [-0.05, 0) is 57.7 Å². The van der Waals surface area contributed by atoms with Crippen molar-refractivity contribution in [2.45, 2.75) is 26.4 Å². The second-order valence-corrected chi connectivity index (χ2v) is 6.82. The van der Waals surface area contributed by atoms with Crippen LogP contribution < -0.4 is 16.0 Å². The van der Waals surface area contributed by atoms with Crippen LogP contribution in [0.15, 0.2) is 45.8 Å². The summed E-state index contributed by atoms with van der Waals surface area (Å²) in [5, 5.41) is 0. The molecule has 0 unspecified atom stereocenters. The summed E-state index contributed by atoms with van der Waals surface area (Å²) in [6.45, 7) is 1.13. The lowest BCUT2D eigenvalue weighted by atomic mass is 10.0. The van der Waals surface area contributed by atoms with Gasteiger partial charge in [0.2, 0.25) is 0 Å². The van der Waals surface area contributed by atoms with E-state index in [2.05, 4.69) is 25.7 Å². The van der Waals surface area contributed by atoms with Crippen molar-refractivity contribution in [1.82, 2.24) is 9.55 Å². The van der Waals surface area contributed by atoms with Gasteiger partial charge in [0.05, 0.1) is 11.2 Å². The van der Waals surface area contributed by atoms with Crippen LogP contribution in [-0.2, 0) is 0 Å². The van der Waals surface area contributed by atoms with E-state index in [-0.39, 0.29) is 27.4 Å². The molecule has 0 radical (unpaired) electrons. The number of aromatic nitrogens is 2. The fraction of sp³-hybridized carbons (Fsp3) is 0.222. The molecule has 0 atom stereocenters. The van der Waals surface area contributed by atoms with Gasteiger partial charge in [0.25, 0.3) is 5.56 Å². The number of nitrogen functional groups attached to an aromatic ring is 1. The smallest absolute Gasteiger partial charge is 0.387 e. The summed E-state index contributed by atoms with van der Waals surface area (Å²) in [6.07, 6.45) is 1.73. The van der Waals surface area contributed by atoms with Gasteiger partial charge >= 0.3 is 6.61 Å². The number of pyridine rings is 2. The van der Waals surface area contributed by atoms with Crippen LogP contribution in [0.5, 0.6) is 5.75 Å². The third-order valence-electron chi connectivity index (χ3n) is 4.00. The summed E-state index contributed by atoms with van der Waals surface area (Å²) in [4.78, 5) is 17.2. The Balaban J connectivity index is 2.27. The van der Waals surface area contributed by atoms with Crippen LogP contribution in [0.1, 0.15) is 25.3 Å². The Morgan fingerprint density at radius 2 is 1.88 bits per heavy atom. The predicted octanol–water partition coefficient (Wildman–Crippen LogP) is 4.46. The molecule has 136 valence electrons. The van der Waals surface area contributed by atoms with Crippen LogP contribution in [0.4, 0.5) is 14.5 Å². The molecule has 3 rings (SSSR count). The van der Waals surface area contributed by atoms with Crippen molar-refractivity contribution in [2.24, 2.45) is 0 Å². The molecule has 0 aliphatic carbocycles. The fourth-order valence-electron chi connectivity index (χ4n) is 2.62. The Hall–Kier alpha value is -2.48. The van der Waals surface area contributed by atoms with Crippen molar-refractivity contribution >= 4 is 32.7 Å². The van der Waals surface area contributed by atoms with E-state index in [4.69, 9.17) is 5.73 Å².